The van der Waals surface area contributed by atoms with Gasteiger partial charge in [-0.3, -0.25) is 0 Å². The Morgan fingerprint density at radius 1 is 1.47 bits per heavy atom. The van der Waals surface area contributed by atoms with E-state index in [1.54, 1.807) is 18.0 Å². The van der Waals surface area contributed by atoms with Gasteiger partial charge in [0.1, 0.15) is 5.03 Å². The summed E-state index contributed by atoms with van der Waals surface area (Å²) in [7, 11) is 0. The SMILES string of the molecule is CCCCCNCC(C)Sc1ncccc1Cl. The van der Waals surface area contributed by atoms with Crippen molar-refractivity contribution in [1.29, 1.82) is 0 Å². The summed E-state index contributed by atoms with van der Waals surface area (Å²) in [5.74, 6) is 0. The van der Waals surface area contributed by atoms with Crippen molar-refractivity contribution in [3.05, 3.63) is 23.4 Å². The Morgan fingerprint density at radius 2 is 2.29 bits per heavy atom. The molecule has 0 radical (unpaired) electrons. The Labute approximate surface area is 114 Å². The fourth-order valence-corrected chi connectivity index (χ4v) is 2.64. The average molecular weight is 273 g/mol. The minimum absolute atomic E-state index is 0.490. The molecular formula is C13H21ClN2S. The molecule has 0 aliphatic carbocycles. The van der Waals surface area contributed by atoms with Crippen molar-refractivity contribution in [3.8, 4) is 0 Å². The number of nitrogens with one attached hydrogen (secondary N) is 1. The first kappa shape index (κ1) is 14.8. The molecule has 0 amide bonds. The Balaban J connectivity index is 2.21. The number of thioether (sulfide) groups is 1. The average Bonchev–Trinajstić information content (AvgIpc) is 2.32. The Kier molecular flexibility index (Phi) is 7.65. The first-order valence-electron chi connectivity index (χ1n) is 6.22. The molecule has 0 aliphatic rings. The van der Waals surface area contributed by atoms with Gasteiger partial charge in [0.05, 0.1) is 5.02 Å². The minimum Gasteiger partial charge on any atom is -0.316 e. The predicted molar refractivity (Wildman–Crippen MR) is 77.0 cm³/mol. The first-order valence-corrected chi connectivity index (χ1v) is 7.47. The normalized spacial score (nSPS) is 12.6. The maximum absolute atomic E-state index is 6.07. The van der Waals surface area contributed by atoms with E-state index in [4.69, 9.17) is 11.6 Å². The molecule has 17 heavy (non-hydrogen) atoms. The van der Waals surface area contributed by atoms with E-state index >= 15 is 0 Å². The highest BCUT2D eigenvalue weighted by Crippen LogP contribution is 2.27. The quantitative estimate of drug-likeness (QED) is 0.572. The van der Waals surface area contributed by atoms with Crippen LogP contribution < -0.4 is 5.32 Å². The van der Waals surface area contributed by atoms with Gasteiger partial charge in [0.15, 0.2) is 0 Å². The van der Waals surface area contributed by atoms with Gasteiger partial charge < -0.3 is 5.32 Å². The van der Waals surface area contributed by atoms with Gasteiger partial charge in [-0.25, -0.2) is 4.98 Å². The minimum atomic E-state index is 0.490. The lowest BCUT2D eigenvalue weighted by Gasteiger charge is -2.12. The summed E-state index contributed by atoms with van der Waals surface area (Å²) in [6.45, 7) is 6.53. The molecule has 2 nitrogen and oxygen atoms in total. The highest BCUT2D eigenvalue weighted by Gasteiger charge is 2.07. The molecule has 1 rings (SSSR count). The van der Waals surface area contributed by atoms with Gasteiger partial charge in [-0.15, -0.1) is 11.8 Å². The van der Waals surface area contributed by atoms with Crippen LogP contribution in [0.4, 0.5) is 0 Å². The van der Waals surface area contributed by atoms with Crippen LogP contribution in [0.5, 0.6) is 0 Å². The van der Waals surface area contributed by atoms with Crippen LogP contribution in [0.3, 0.4) is 0 Å². The lowest BCUT2D eigenvalue weighted by atomic mass is 10.2. The zero-order valence-corrected chi connectivity index (χ0v) is 12.2. The van der Waals surface area contributed by atoms with E-state index in [0.717, 1.165) is 23.1 Å². The van der Waals surface area contributed by atoms with Crippen molar-refractivity contribution in [2.45, 2.75) is 43.4 Å². The smallest absolute Gasteiger partial charge is 0.115 e. The Morgan fingerprint density at radius 3 is 3.00 bits per heavy atom. The van der Waals surface area contributed by atoms with E-state index in [1.807, 2.05) is 12.1 Å². The second-order valence-electron chi connectivity index (χ2n) is 4.13. The third kappa shape index (κ3) is 6.29. The second kappa shape index (κ2) is 8.78. The van der Waals surface area contributed by atoms with Crippen molar-refractivity contribution in [1.82, 2.24) is 10.3 Å². The number of hydrogen-bond acceptors (Lipinski definition) is 3. The molecule has 0 fully saturated rings. The summed E-state index contributed by atoms with van der Waals surface area (Å²) in [4.78, 5) is 4.28. The fourth-order valence-electron chi connectivity index (χ4n) is 1.50. The maximum Gasteiger partial charge on any atom is 0.115 e. The van der Waals surface area contributed by atoms with Gasteiger partial charge in [-0.05, 0) is 25.1 Å². The monoisotopic (exact) mass is 272 g/mol. The molecular weight excluding hydrogens is 252 g/mol. The summed E-state index contributed by atoms with van der Waals surface area (Å²) in [6, 6.07) is 3.75. The zero-order chi connectivity index (χ0) is 12.5. The van der Waals surface area contributed by atoms with Crippen LogP contribution in [0.15, 0.2) is 23.4 Å². The fraction of sp³-hybridized carbons (Fsp3) is 0.615. The molecule has 0 saturated carbocycles. The highest BCUT2D eigenvalue weighted by molar-refractivity contribution is 8.00. The van der Waals surface area contributed by atoms with E-state index in [0.29, 0.717) is 5.25 Å². The topological polar surface area (TPSA) is 24.9 Å². The molecule has 0 spiro atoms. The largest absolute Gasteiger partial charge is 0.316 e. The molecule has 1 aromatic rings. The lowest BCUT2D eigenvalue weighted by molar-refractivity contribution is 0.615. The van der Waals surface area contributed by atoms with Crippen molar-refractivity contribution in [2.75, 3.05) is 13.1 Å². The van der Waals surface area contributed by atoms with Gasteiger partial charge >= 0.3 is 0 Å². The van der Waals surface area contributed by atoms with Crippen molar-refractivity contribution in [2.24, 2.45) is 0 Å². The van der Waals surface area contributed by atoms with Gasteiger partial charge in [0.2, 0.25) is 0 Å². The van der Waals surface area contributed by atoms with Crippen LogP contribution >= 0.6 is 23.4 Å². The van der Waals surface area contributed by atoms with Crippen LogP contribution in [0, 0.1) is 0 Å². The third-order valence-corrected chi connectivity index (χ3v) is 3.96. The predicted octanol–water partition coefficient (Wildman–Crippen LogP) is 4.00. The number of rotatable bonds is 8. The summed E-state index contributed by atoms with van der Waals surface area (Å²) in [5.41, 5.74) is 0. The standard InChI is InChI=1S/C13H21ClN2S/c1-3-4-5-8-15-10-11(2)17-13-12(14)7-6-9-16-13/h6-7,9,11,15H,3-5,8,10H2,1-2H3. The molecule has 1 aromatic heterocycles. The van der Waals surface area contributed by atoms with Gasteiger partial charge in [-0.2, -0.15) is 0 Å². The molecule has 0 aromatic carbocycles. The van der Waals surface area contributed by atoms with Crippen LogP contribution in [-0.2, 0) is 0 Å². The van der Waals surface area contributed by atoms with Crippen LogP contribution in [0.2, 0.25) is 5.02 Å². The lowest BCUT2D eigenvalue weighted by Crippen LogP contribution is -2.23. The Hall–Kier alpha value is -0.250. The number of nitrogens with zero attached hydrogens (tertiary/aromatic N) is 1. The first-order chi connectivity index (χ1) is 8.24. The van der Waals surface area contributed by atoms with Crippen molar-refractivity contribution < 1.29 is 0 Å². The van der Waals surface area contributed by atoms with E-state index < -0.39 is 0 Å². The van der Waals surface area contributed by atoms with Gasteiger partial charge in [0, 0.05) is 18.0 Å². The van der Waals surface area contributed by atoms with Crippen LogP contribution in [0.25, 0.3) is 0 Å². The van der Waals surface area contributed by atoms with Gasteiger partial charge in [0.25, 0.3) is 0 Å². The van der Waals surface area contributed by atoms with Crippen LogP contribution in [-0.4, -0.2) is 23.3 Å². The number of aromatic nitrogens is 1. The summed E-state index contributed by atoms with van der Waals surface area (Å²) in [5, 5.41) is 5.63. The molecule has 4 heteroatoms. The molecule has 0 bridgehead atoms. The second-order valence-corrected chi connectivity index (χ2v) is 5.96. The van der Waals surface area contributed by atoms with Gasteiger partial charge in [-0.1, -0.05) is 38.3 Å². The number of pyridine rings is 1. The van der Waals surface area contributed by atoms with Crippen molar-refractivity contribution in [3.63, 3.8) is 0 Å². The molecule has 1 unspecified atom stereocenters. The number of hydrogen-bond donors (Lipinski definition) is 1. The Bertz CT molecular complexity index is 320. The summed E-state index contributed by atoms with van der Waals surface area (Å²) < 4.78 is 0. The molecule has 0 aliphatic heterocycles. The van der Waals surface area contributed by atoms with E-state index in [-0.39, 0.29) is 0 Å². The van der Waals surface area contributed by atoms with E-state index in [2.05, 4.69) is 24.1 Å². The number of unbranched alkanes of at least 4 members (excludes halogenated alkanes) is 2. The zero-order valence-electron chi connectivity index (χ0n) is 10.6. The summed E-state index contributed by atoms with van der Waals surface area (Å²) >= 11 is 7.80. The number of halogens is 1. The molecule has 0 saturated heterocycles. The highest BCUT2D eigenvalue weighted by atomic mass is 35.5. The summed E-state index contributed by atoms with van der Waals surface area (Å²) in [6.07, 6.45) is 5.63. The van der Waals surface area contributed by atoms with Crippen molar-refractivity contribution >= 4 is 23.4 Å². The third-order valence-electron chi connectivity index (χ3n) is 2.43. The maximum atomic E-state index is 6.07. The van der Waals surface area contributed by atoms with Crippen LogP contribution in [0.1, 0.15) is 33.1 Å². The molecule has 1 heterocycles. The molecule has 96 valence electrons. The molecule has 1 N–H and O–H groups in total. The van der Waals surface area contributed by atoms with E-state index in [9.17, 15) is 0 Å². The molecule has 1 atom stereocenters. The van der Waals surface area contributed by atoms with E-state index in [1.165, 1.54) is 19.3 Å².